The van der Waals surface area contributed by atoms with Gasteiger partial charge in [-0.3, -0.25) is 4.79 Å². The summed E-state index contributed by atoms with van der Waals surface area (Å²) in [6.45, 7) is 1.40. The van der Waals surface area contributed by atoms with E-state index in [0.717, 1.165) is 5.56 Å². The number of halogens is 2. The van der Waals surface area contributed by atoms with Crippen molar-refractivity contribution >= 4 is 35.2 Å². The second kappa shape index (κ2) is 8.26. The summed E-state index contributed by atoms with van der Waals surface area (Å²) in [4.78, 5) is 23.7. The van der Waals surface area contributed by atoms with Crippen molar-refractivity contribution < 1.29 is 18.7 Å². The van der Waals surface area contributed by atoms with Crippen molar-refractivity contribution in [3.63, 3.8) is 0 Å². The quantitative estimate of drug-likeness (QED) is 0.655. The molecular weight excluding hydrogens is 333 g/mol. The molecule has 0 saturated heterocycles. The summed E-state index contributed by atoms with van der Waals surface area (Å²) in [7, 11) is 0. The zero-order valence-corrected chi connectivity index (χ0v) is 13.6. The molecule has 1 atom stereocenters. The maximum atomic E-state index is 13.5. The summed E-state index contributed by atoms with van der Waals surface area (Å²) < 4.78 is 18.5. The normalized spacial score (nSPS) is 12.0. The first-order chi connectivity index (χ1) is 11.5. The van der Waals surface area contributed by atoms with Crippen LogP contribution in [-0.2, 0) is 14.3 Å². The molecule has 24 heavy (non-hydrogen) atoms. The van der Waals surface area contributed by atoms with Crippen molar-refractivity contribution in [2.24, 2.45) is 0 Å². The van der Waals surface area contributed by atoms with E-state index in [1.54, 1.807) is 30.3 Å². The maximum Gasteiger partial charge on any atom is 0.331 e. The molecule has 0 aliphatic heterocycles. The van der Waals surface area contributed by atoms with E-state index in [0.29, 0.717) is 5.02 Å². The average Bonchev–Trinajstić information content (AvgIpc) is 2.55. The Morgan fingerprint density at radius 2 is 1.96 bits per heavy atom. The Balaban J connectivity index is 1.91. The summed E-state index contributed by atoms with van der Waals surface area (Å²) in [5.41, 5.74) is 0.753. The number of para-hydroxylation sites is 1. The molecule has 0 heterocycles. The van der Waals surface area contributed by atoms with Gasteiger partial charge in [0, 0.05) is 11.1 Å². The third kappa shape index (κ3) is 5.21. The van der Waals surface area contributed by atoms with Crippen molar-refractivity contribution in [3.05, 3.63) is 71.0 Å². The number of amides is 1. The van der Waals surface area contributed by atoms with Gasteiger partial charge in [0.15, 0.2) is 6.10 Å². The van der Waals surface area contributed by atoms with Crippen LogP contribution in [0.15, 0.2) is 54.6 Å². The monoisotopic (exact) mass is 347 g/mol. The van der Waals surface area contributed by atoms with Crippen LogP contribution in [-0.4, -0.2) is 18.0 Å². The zero-order chi connectivity index (χ0) is 17.5. The molecule has 0 aromatic heterocycles. The molecule has 0 fully saturated rings. The molecule has 4 nitrogen and oxygen atoms in total. The van der Waals surface area contributed by atoms with Crippen molar-refractivity contribution in [3.8, 4) is 0 Å². The Kier molecular flexibility index (Phi) is 6.09. The van der Waals surface area contributed by atoms with Crippen LogP contribution in [0.25, 0.3) is 6.08 Å². The van der Waals surface area contributed by atoms with Crippen molar-refractivity contribution in [1.82, 2.24) is 0 Å². The highest BCUT2D eigenvalue weighted by Gasteiger charge is 2.17. The maximum absolute atomic E-state index is 13.5. The summed E-state index contributed by atoms with van der Waals surface area (Å²) >= 11 is 5.84. The van der Waals surface area contributed by atoms with Crippen LogP contribution in [0.2, 0.25) is 5.02 Å². The highest BCUT2D eigenvalue weighted by molar-refractivity contribution is 6.30. The van der Waals surface area contributed by atoms with Gasteiger partial charge in [-0.1, -0.05) is 35.9 Å². The summed E-state index contributed by atoms with van der Waals surface area (Å²) in [5, 5.41) is 2.91. The van der Waals surface area contributed by atoms with Crippen molar-refractivity contribution in [2.45, 2.75) is 13.0 Å². The van der Waals surface area contributed by atoms with Gasteiger partial charge in [0.1, 0.15) is 5.82 Å². The topological polar surface area (TPSA) is 55.4 Å². The highest BCUT2D eigenvalue weighted by atomic mass is 35.5. The Morgan fingerprint density at radius 3 is 2.67 bits per heavy atom. The average molecular weight is 348 g/mol. The summed E-state index contributed by atoms with van der Waals surface area (Å²) in [6.07, 6.45) is 1.65. The van der Waals surface area contributed by atoms with Crippen LogP contribution in [0.4, 0.5) is 10.1 Å². The Morgan fingerprint density at radius 1 is 1.21 bits per heavy atom. The Labute approximate surface area is 143 Å². The molecule has 0 unspecified atom stereocenters. The highest BCUT2D eigenvalue weighted by Crippen LogP contribution is 2.14. The molecule has 6 heteroatoms. The minimum absolute atomic E-state index is 0.0277. The standard InChI is InChI=1S/C18H15ClFNO3/c1-12(18(23)21-16-8-3-2-7-15(16)20)24-17(22)10-9-13-5-4-6-14(19)11-13/h2-12H,1H3,(H,21,23)/b10-9+/t12-/m1/s1. The molecule has 0 spiro atoms. The molecule has 1 amide bonds. The van der Waals surface area contributed by atoms with Crippen LogP contribution in [0.5, 0.6) is 0 Å². The third-order valence-electron chi connectivity index (χ3n) is 3.05. The van der Waals surface area contributed by atoms with E-state index in [4.69, 9.17) is 16.3 Å². The first kappa shape index (κ1) is 17.7. The van der Waals surface area contributed by atoms with Gasteiger partial charge in [0.25, 0.3) is 5.91 Å². The van der Waals surface area contributed by atoms with E-state index < -0.39 is 23.8 Å². The van der Waals surface area contributed by atoms with Crippen LogP contribution in [0.3, 0.4) is 0 Å². The molecular formula is C18H15ClFNO3. The van der Waals surface area contributed by atoms with Crippen LogP contribution < -0.4 is 5.32 Å². The predicted molar refractivity (Wildman–Crippen MR) is 91.1 cm³/mol. The fourth-order valence-corrected chi connectivity index (χ4v) is 2.04. The van der Waals surface area contributed by atoms with Crippen molar-refractivity contribution in [1.29, 1.82) is 0 Å². The number of hydrogen-bond donors (Lipinski definition) is 1. The van der Waals surface area contributed by atoms with Crippen LogP contribution in [0, 0.1) is 5.82 Å². The zero-order valence-electron chi connectivity index (χ0n) is 12.8. The second-order valence-corrected chi connectivity index (χ2v) is 5.37. The number of hydrogen-bond acceptors (Lipinski definition) is 3. The lowest BCUT2D eigenvalue weighted by molar-refractivity contribution is -0.148. The lowest BCUT2D eigenvalue weighted by Crippen LogP contribution is -2.29. The number of rotatable bonds is 5. The molecule has 2 rings (SSSR count). The van der Waals surface area contributed by atoms with Gasteiger partial charge >= 0.3 is 5.97 Å². The van der Waals surface area contributed by atoms with E-state index in [1.807, 2.05) is 0 Å². The summed E-state index contributed by atoms with van der Waals surface area (Å²) in [5.74, 6) is -1.87. The number of benzene rings is 2. The van der Waals surface area contributed by atoms with Gasteiger partial charge in [-0.05, 0) is 42.8 Å². The SMILES string of the molecule is C[C@@H](OC(=O)/C=C/c1cccc(Cl)c1)C(=O)Nc1ccccc1F. The van der Waals surface area contributed by atoms with Crippen LogP contribution in [0.1, 0.15) is 12.5 Å². The molecule has 124 valence electrons. The number of carbonyl (C=O) groups excluding carboxylic acids is 2. The molecule has 0 saturated carbocycles. The van der Waals surface area contributed by atoms with Gasteiger partial charge in [-0.2, -0.15) is 0 Å². The first-order valence-electron chi connectivity index (χ1n) is 7.15. The van der Waals surface area contributed by atoms with Gasteiger partial charge in [0.05, 0.1) is 5.69 Å². The minimum atomic E-state index is -1.07. The van der Waals surface area contributed by atoms with Gasteiger partial charge in [-0.15, -0.1) is 0 Å². The van der Waals surface area contributed by atoms with E-state index in [1.165, 1.54) is 37.3 Å². The second-order valence-electron chi connectivity index (χ2n) is 4.94. The molecule has 0 aliphatic carbocycles. The molecule has 0 bridgehead atoms. The predicted octanol–water partition coefficient (Wildman–Crippen LogP) is 4.06. The molecule has 0 radical (unpaired) electrons. The van der Waals surface area contributed by atoms with Gasteiger partial charge in [-0.25, -0.2) is 9.18 Å². The van der Waals surface area contributed by atoms with E-state index in [-0.39, 0.29) is 5.69 Å². The lowest BCUT2D eigenvalue weighted by atomic mass is 10.2. The number of esters is 1. The molecule has 0 aliphatic rings. The Hall–Kier alpha value is -2.66. The fraction of sp³-hybridized carbons (Fsp3) is 0.111. The van der Waals surface area contributed by atoms with Gasteiger partial charge < -0.3 is 10.1 Å². The molecule has 1 N–H and O–H groups in total. The number of nitrogens with one attached hydrogen (secondary N) is 1. The molecule has 2 aromatic rings. The van der Waals surface area contributed by atoms with E-state index >= 15 is 0 Å². The number of anilines is 1. The minimum Gasteiger partial charge on any atom is -0.449 e. The third-order valence-corrected chi connectivity index (χ3v) is 3.29. The van der Waals surface area contributed by atoms with E-state index in [2.05, 4.69) is 5.32 Å². The van der Waals surface area contributed by atoms with Crippen molar-refractivity contribution in [2.75, 3.05) is 5.32 Å². The smallest absolute Gasteiger partial charge is 0.331 e. The fourth-order valence-electron chi connectivity index (χ4n) is 1.84. The summed E-state index contributed by atoms with van der Waals surface area (Å²) in [6, 6.07) is 12.6. The number of ether oxygens (including phenoxy) is 1. The first-order valence-corrected chi connectivity index (χ1v) is 7.53. The van der Waals surface area contributed by atoms with E-state index in [9.17, 15) is 14.0 Å². The Bertz CT molecular complexity index is 776. The largest absolute Gasteiger partial charge is 0.449 e. The lowest BCUT2D eigenvalue weighted by Gasteiger charge is -2.12. The molecule has 2 aromatic carbocycles. The van der Waals surface area contributed by atoms with Gasteiger partial charge in [0.2, 0.25) is 0 Å². The van der Waals surface area contributed by atoms with Crippen LogP contribution >= 0.6 is 11.6 Å². The number of carbonyl (C=O) groups is 2.